The second-order valence-electron chi connectivity index (χ2n) is 10.7. The van der Waals surface area contributed by atoms with Gasteiger partial charge in [-0.15, -0.1) is 0 Å². The van der Waals surface area contributed by atoms with E-state index in [0.29, 0.717) is 13.1 Å². The molecule has 2 saturated heterocycles. The number of hydrogen-bond donors (Lipinski definition) is 2. The van der Waals surface area contributed by atoms with Crippen molar-refractivity contribution in [2.75, 3.05) is 49.9 Å². The Morgan fingerprint density at radius 3 is 1.19 bits per heavy atom. The van der Waals surface area contributed by atoms with Crippen LogP contribution in [0.3, 0.4) is 0 Å². The topological polar surface area (TPSA) is 64.7 Å². The second kappa shape index (κ2) is 12.0. The molecule has 0 atom stereocenters. The molecule has 36 heavy (non-hydrogen) atoms. The number of amides is 2. The van der Waals surface area contributed by atoms with E-state index in [1.807, 2.05) is 0 Å². The van der Waals surface area contributed by atoms with Gasteiger partial charge in [-0.2, -0.15) is 0 Å². The molecule has 0 aromatic heterocycles. The van der Waals surface area contributed by atoms with Crippen molar-refractivity contribution < 1.29 is 9.59 Å². The van der Waals surface area contributed by atoms with Gasteiger partial charge in [-0.25, -0.2) is 0 Å². The molecule has 2 aliphatic heterocycles. The lowest BCUT2D eigenvalue weighted by Crippen LogP contribution is -2.37. The summed E-state index contributed by atoms with van der Waals surface area (Å²) < 4.78 is 0. The van der Waals surface area contributed by atoms with Gasteiger partial charge in [0.2, 0.25) is 11.8 Å². The smallest absolute Gasteiger partial charge is 0.238 e. The average Bonchev–Trinajstić information content (AvgIpc) is 2.84. The van der Waals surface area contributed by atoms with Crippen LogP contribution in [-0.2, 0) is 9.59 Å². The molecule has 2 aromatic carbocycles. The van der Waals surface area contributed by atoms with Crippen molar-refractivity contribution in [2.45, 2.75) is 66.2 Å². The Morgan fingerprint density at radius 2 is 0.889 bits per heavy atom. The maximum atomic E-state index is 12.7. The van der Waals surface area contributed by atoms with Crippen LogP contribution in [0.1, 0.15) is 60.8 Å². The second-order valence-corrected chi connectivity index (χ2v) is 10.7. The summed E-state index contributed by atoms with van der Waals surface area (Å²) in [5.41, 5.74) is 8.31. The molecule has 4 rings (SSSR count). The summed E-state index contributed by atoms with van der Waals surface area (Å²) in [4.78, 5) is 29.9. The minimum Gasteiger partial charge on any atom is -0.324 e. The first-order valence-electron chi connectivity index (χ1n) is 13.6. The van der Waals surface area contributed by atoms with Gasteiger partial charge in [-0.1, -0.05) is 12.8 Å². The summed E-state index contributed by atoms with van der Waals surface area (Å²) in [6.45, 7) is 13.2. The number of aryl methyl sites for hydroxylation is 4. The Labute approximate surface area is 216 Å². The Bertz CT molecular complexity index is 965. The summed E-state index contributed by atoms with van der Waals surface area (Å²) in [6.07, 6.45) is 7.25. The predicted octanol–water partition coefficient (Wildman–Crippen LogP) is 5.44. The Balaban J connectivity index is 1.45. The third kappa shape index (κ3) is 6.74. The van der Waals surface area contributed by atoms with Gasteiger partial charge in [-0.3, -0.25) is 19.4 Å². The molecule has 0 spiro atoms. The van der Waals surface area contributed by atoms with Gasteiger partial charge in [0.05, 0.1) is 13.1 Å². The number of anilines is 2. The van der Waals surface area contributed by atoms with Crippen LogP contribution in [0.15, 0.2) is 24.3 Å². The highest BCUT2D eigenvalue weighted by Crippen LogP contribution is 2.32. The standard InChI is InChI=1S/C30H42N4O2/c1-21-15-25(16-22(2)29(21)31-27(35)19-33-11-7-5-8-12-33)26-17-23(3)30(24(4)18-26)32-28(36)20-34-13-9-6-10-14-34/h15-18H,5-14,19-20H2,1-4H3,(H,31,35)(H,32,36). The maximum absolute atomic E-state index is 12.7. The van der Waals surface area contributed by atoms with Crippen LogP contribution in [-0.4, -0.2) is 60.9 Å². The number of nitrogens with one attached hydrogen (secondary N) is 2. The first-order chi connectivity index (χ1) is 17.3. The van der Waals surface area contributed by atoms with Gasteiger partial charge in [0.15, 0.2) is 0 Å². The zero-order chi connectivity index (χ0) is 25.7. The molecule has 0 unspecified atom stereocenters. The lowest BCUT2D eigenvalue weighted by atomic mass is 9.95. The molecule has 2 N–H and O–H groups in total. The number of rotatable bonds is 7. The number of likely N-dealkylation sites (tertiary alicyclic amines) is 2. The number of carbonyl (C=O) groups excluding carboxylic acids is 2. The summed E-state index contributed by atoms with van der Waals surface area (Å²) >= 11 is 0. The zero-order valence-corrected chi connectivity index (χ0v) is 22.5. The molecular weight excluding hydrogens is 448 g/mol. The predicted molar refractivity (Wildman–Crippen MR) is 149 cm³/mol. The molecule has 2 aromatic rings. The van der Waals surface area contributed by atoms with Crippen LogP contribution in [0.2, 0.25) is 0 Å². The number of piperidine rings is 2. The highest BCUT2D eigenvalue weighted by atomic mass is 16.2. The minimum atomic E-state index is 0.0622. The Hall–Kier alpha value is -2.70. The Kier molecular flexibility index (Phi) is 8.81. The van der Waals surface area contributed by atoms with Crippen LogP contribution in [0.25, 0.3) is 11.1 Å². The van der Waals surface area contributed by atoms with Gasteiger partial charge < -0.3 is 10.6 Å². The van der Waals surface area contributed by atoms with Crippen molar-refractivity contribution >= 4 is 23.2 Å². The molecular formula is C30H42N4O2. The van der Waals surface area contributed by atoms with E-state index in [1.165, 1.54) is 38.5 Å². The highest BCUT2D eigenvalue weighted by molar-refractivity contribution is 5.95. The van der Waals surface area contributed by atoms with E-state index in [4.69, 9.17) is 0 Å². The van der Waals surface area contributed by atoms with Crippen LogP contribution >= 0.6 is 0 Å². The maximum Gasteiger partial charge on any atom is 0.238 e. The van der Waals surface area contributed by atoms with Crippen molar-refractivity contribution in [2.24, 2.45) is 0 Å². The summed E-state index contributed by atoms with van der Waals surface area (Å²) in [7, 11) is 0. The quantitative estimate of drug-likeness (QED) is 0.543. The third-order valence-corrected chi connectivity index (χ3v) is 7.56. The monoisotopic (exact) mass is 490 g/mol. The van der Waals surface area contributed by atoms with E-state index in [1.54, 1.807) is 0 Å². The Morgan fingerprint density at radius 1 is 0.583 bits per heavy atom. The minimum absolute atomic E-state index is 0.0622. The van der Waals surface area contributed by atoms with Gasteiger partial charge in [0.25, 0.3) is 0 Å². The molecule has 0 bridgehead atoms. The average molecular weight is 491 g/mol. The molecule has 0 aliphatic carbocycles. The van der Waals surface area contributed by atoms with Crippen molar-refractivity contribution in [1.82, 2.24) is 9.80 Å². The van der Waals surface area contributed by atoms with E-state index in [9.17, 15) is 9.59 Å². The molecule has 2 aliphatic rings. The molecule has 6 heteroatoms. The van der Waals surface area contributed by atoms with E-state index < -0.39 is 0 Å². The fourth-order valence-corrected chi connectivity index (χ4v) is 5.65. The SMILES string of the molecule is Cc1cc(-c2cc(C)c(NC(=O)CN3CCCCC3)c(C)c2)cc(C)c1NC(=O)CN1CCCCC1. The fraction of sp³-hybridized carbons (Fsp3) is 0.533. The molecule has 194 valence electrons. The normalized spacial score (nSPS) is 17.1. The zero-order valence-electron chi connectivity index (χ0n) is 22.5. The van der Waals surface area contributed by atoms with Crippen LogP contribution in [0, 0.1) is 27.7 Å². The first kappa shape index (κ1) is 26.4. The lowest BCUT2D eigenvalue weighted by Gasteiger charge is -2.26. The van der Waals surface area contributed by atoms with Gasteiger partial charge >= 0.3 is 0 Å². The largest absolute Gasteiger partial charge is 0.324 e. The summed E-state index contributed by atoms with van der Waals surface area (Å²) in [6, 6.07) is 8.58. The van der Waals surface area contributed by atoms with Crippen molar-refractivity contribution in [1.29, 1.82) is 0 Å². The fourth-order valence-electron chi connectivity index (χ4n) is 5.65. The molecule has 2 fully saturated rings. The van der Waals surface area contributed by atoms with E-state index in [-0.39, 0.29) is 11.8 Å². The van der Waals surface area contributed by atoms with Crippen LogP contribution in [0.4, 0.5) is 11.4 Å². The summed E-state index contributed by atoms with van der Waals surface area (Å²) in [5, 5.41) is 6.32. The van der Waals surface area contributed by atoms with Crippen molar-refractivity contribution in [3.63, 3.8) is 0 Å². The van der Waals surface area contributed by atoms with Crippen molar-refractivity contribution in [3.05, 3.63) is 46.5 Å². The van der Waals surface area contributed by atoms with Crippen molar-refractivity contribution in [3.8, 4) is 11.1 Å². The van der Waals surface area contributed by atoms with Gasteiger partial charge in [0.1, 0.15) is 0 Å². The number of carbonyl (C=O) groups is 2. The highest BCUT2D eigenvalue weighted by Gasteiger charge is 2.18. The van der Waals surface area contributed by atoms with Gasteiger partial charge in [0, 0.05) is 11.4 Å². The number of benzene rings is 2. The van der Waals surface area contributed by atoms with Crippen LogP contribution < -0.4 is 10.6 Å². The molecule has 6 nitrogen and oxygen atoms in total. The van der Waals surface area contributed by atoms with Crippen LogP contribution in [0.5, 0.6) is 0 Å². The molecule has 0 saturated carbocycles. The van der Waals surface area contributed by atoms with E-state index in [0.717, 1.165) is 70.9 Å². The molecule has 2 amide bonds. The van der Waals surface area contributed by atoms with E-state index in [2.05, 4.69) is 72.4 Å². The first-order valence-corrected chi connectivity index (χ1v) is 13.6. The third-order valence-electron chi connectivity index (χ3n) is 7.56. The van der Waals surface area contributed by atoms with E-state index >= 15 is 0 Å². The number of nitrogens with zero attached hydrogens (tertiary/aromatic N) is 2. The van der Waals surface area contributed by atoms with Gasteiger partial charge in [-0.05, 0) is 137 Å². The number of hydrogen-bond acceptors (Lipinski definition) is 4. The lowest BCUT2D eigenvalue weighted by molar-refractivity contribution is -0.118. The summed E-state index contributed by atoms with van der Waals surface area (Å²) in [5.74, 6) is 0.124. The molecule has 0 radical (unpaired) electrons. The molecule has 2 heterocycles.